The highest BCUT2D eigenvalue weighted by molar-refractivity contribution is 5.09. The second-order valence-corrected chi connectivity index (χ2v) is 11.2. The molecule has 0 amide bonds. The summed E-state index contributed by atoms with van der Waals surface area (Å²) in [6.07, 6.45) is 15.9. The van der Waals surface area contributed by atoms with E-state index in [2.05, 4.69) is 27.7 Å². The van der Waals surface area contributed by atoms with Gasteiger partial charge in [-0.3, -0.25) is 0 Å². The van der Waals surface area contributed by atoms with Crippen LogP contribution in [0.5, 0.6) is 0 Å². The van der Waals surface area contributed by atoms with E-state index in [-0.39, 0.29) is 0 Å². The molecule has 4 aliphatic rings. The van der Waals surface area contributed by atoms with E-state index in [0.29, 0.717) is 16.9 Å². The third-order valence-corrected chi connectivity index (χ3v) is 10.2. The van der Waals surface area contributed by atoms with Gasteiger partial charge in [0.2, 0.25) is 0 Å². The van der Waals surface area contributed by atoms with Gasteiger partial charge < -0.3 is 5.73 Å². The van der Waals surface area contributed by atoms with Crippen LogP contribution < -0.4 is 5.73 Å². The van der Waals surface area contributed by atoms with E-state index in [9.17, 15) is 0 Å². The van der Waals surface area contributed by atoms with Crippen LogP contribution in [0.15, 0.2) is 0 Å². The molecular formula is C24H43N. The van der Waals surface area contributed by atoms with E-state index in [1.54, 1.807) is 0 Å². The first-order chi connectivity index (χ1) is 11.9. The Labute approximate surface area is 156 Å². The largest absolute Gasteiger partial charge is 0.328 e. The molecule has 1 nitrogen and oxygen atoms in total. The number of rotatable bonds is 3. The van der Waals surface area contributed by atoms with Crippen molar-refractivity contribution in [3.8, 4) is 0 Å². The van der Waals surface area contributed by atoms with Crippen LogP contribution in [0.3, 0.4) is 0 Å². The van der Waals surface area contributed by atoms with Crippen LogP contribution >= 0.6 is 0 Å². The zero-order chi connectivity index (χ0) is 17.8. The Bertz CT molecular complexity index is 486. The Morgan fingerprint density at radius 3 is 2.40 bits per heavy atom. The lowest BCUT2D eigenvalue weighted by molar-refractivity contribution is -0.116. The molecule has 9 atom stereocenters. The molecular weight excluding hydrogens is 302 g/mol. The van der Waals surface area contributed by atoms with Crippen molar-refractivity contribution >= 4 is 0 Å². The summed E-state index contributed by atoms with van der Waals surface area (Å²) in [5, 5.41) is 0. The molecule has 4 saturated carbocycles. The average Bonchev–Trinajstić information content (AvgIpc) is 2.93. The highest BCUT2D eigenvalue weighted by Crippen LogP contribution is 2.68. The van der Waals surface area contributed by atoms with E-state index >= 15 is 0 Å². The molecule has 0 aromatic rings. The van der Waals surface area contributed by atoms with Gasteiger partial charge in [-0.25, -0.2) is 0 Å². The van der Waals surface area contributed by atoms with Crippen molar-refractivity contribution < 1.29 is 0 Å². The summed E-state index contributed by atoms with van der Waals surface area (Å²) in [7, 11) is 0. The minimum atomic E-state index is 0.495. The number of hydrogen-bond donors (Lipinski definition) is 1. The summed E-state index contributed by atoms with van der Waals surface area (Å²) < 4.78 is 0. The fourth-order valence-corrected chi connectivity index (χ4v) is 8.92. The van der Waals surface area contributed by atoms with Crippen LogP contribution in [0.4, 0.5) is 0 Å². The van der Waals surface area contributed by atoms with Crippen molar-refractivity contribution in [2.24, 2.45) is 52.1 Å². The van der Waals surface area contributed by atoms with Crippen molar-refractivity contribution in [2.45, 2.75) is 104 Å². The van der Waals surface area contributed by atoms with Gasteiger partial charge in [-0.1, -0.05) is 40.5 Å². The van der Waals surface area contributed by atoms with Crippen molar-refractivity contribution in [3.05, 3.63) is 0 Å². The highest BCUT2D eigenvalue weighted by atomic mass is 14.7. The van der Waals surface area contributed by atoms with Crippen LogP contribution in [-0.4, -0.2) is 6.04 Å². The first-order valence-electron chi connectivity index (χ1n) is 11.7. The molecule has 2 N–H and O–H groups in total. The van der Waals surface area contributed by atoms with Crippen molar-refractivity contribution in [1.82, 2.24) is 0 Å². The van der Waals surface area contributed by atoms with E-state index in [1.165, 1.54) is 70.6 Å². The van der Waals surface area contributed by atoms with E-state index in [4.69, 9.17) is 5.73 Å². The SMILES string of the molecule is CCCC(C)C1CCC2C3CCC4CC(N)CCC4(C)C3CCC12C. The number of fused-ring (bicyclic) bond motifs is 5. The molecule has 0 aromatic heterocycles. The monoisotopic (exact) mass is 345 g/mol. The Balaban J connectivity index is 1.56. The third-order valence-electron chi connectivity index (χ3n) is 10.2. The lowest BCUT2D eigenvalue weighted by Crippen LogP contribution is -2.54. The maximum absolute atomic E-state index is 6.36. The van der Waals surface area contributed by atoms with Gasteiger partial charge >= 0.3 is 0 Å². The molecule has 0 heterocycles. The molecule has 0 spiro atoms. The molecule has 4 fully saturated rings. The minimum absolute atomic E-state index is 0.495. The third kappa shape index (κ3) is 2.74. The molecule has 25 heavy (non-hydrogen) atoms. The maximum atomic E-state index is 6.36. The fraction of sp³-hybridized carbons (Fsp3) is 1.00. The molecule has 0 aliphatic heterocycles. The van der Waals surface area contributed by atoms with Crippen molar-refractivity contribution in [2.75, 3.05) is 0 Å². The van der Waals surface area contributed by atoms with Crippen molar-refractivity contribution in [3.63, 3.8) is 0 Å². The number of nitrogens with two attached hydrogens (primary N) is 1. The molecule has 9 unspecified atom stereocenters. The van der Waals surface area contributed by atoms with Gasteiger partial charge in [-0.05, 0) is 104 Å². The molecule has 0 saturated heterocycles. The molecule has 4 aliphatic carbocycles. The summed E-state index contributed by atoms with van der Waals surface area (Å²) in [4.78, 5) is 0. The highest BCUT2D eigenvalue weighted by Gasteiger charge is 2.60. The molecule has 1 heteroatoms. The zero-order valence-electron chi connectivity index (χ0n) is 17.4. The standard InChI is InChI=1S/C24H43N/c1-5-6-16(2)20-9-10-21-19-8-7-17-15-18(25)11-13-23(17,3)22(19)12-14-24(20,21)4/h16-22H,5-15,25H2,1-4H3. The molecule has 144 valence electrons. The molecule has 4 rings (SSSR count). The lowest BCUT2D eigenvalue weighted by atomic mass is 9.44. The Morgan fingerprint density at radius 1 is 0.920 bits per heavy atom. The smallest absolute Gasteiger partial charge is 0.00418 e. The summed E-state index contributed by atoms with van der Waals surface area (Å²) in [5.74, 6) is 5.95. The molecule has 0 bridgehead atoms. The van der Waals surface area contributed by atoms with E-state index in [1.807, 2.05) is 0 Å². The topological polar surface area (TPSA) is 26.0 Å². The van der Waals surface area contributed by atoms with Crippen LogP contribution in [0, 0.1) is 46.3 Å². The van der Waals surface area contributed by atoms with Crippen LogP contribution in [0.1, 0.15) is 98.3 Å². The maximum Gasteiger partial charge on any atom is 0.00418 e. The van der Waals surface area contributed by atoms with Crippen LogP contribution in [-0.2, 0) is 0 Å². The zero-order valence-corrected chi connectivity index (χ0v) is 17.4. The number of hydrogen-bond acceptors (Lipinski definition) is 1. The molecule has 0 radical (unpaired) electrons. The lowest BCUT2D eigenvalue weighted by Gasteiger charge is -2.61. The predicted molar refractivity (Wildman–Crippen MR) is 107 cm³/mol. The fourth-order valence-electron chi connectivity index (χ4n) is 8.92. The van der Waals surface area contributed by atoms with Gasteiger partial charge in [0.1, 0.15) is 0 Å². The summed E-state index contributed by atoms with van der Waals surface area (Å²) >= 11 is 0. The summed E-state index contributed by atoms with van der Waals surface area (Å²) in [5.41, 5.74) is 7.63. The quantitative estimate of drug-likeness (QED) is 0.628. The van der Waals surface area contributed by atoms with Gasteiger partial charge in [0.15, 0.2) is 0 Å². The Hall–Kier alpha value is -0.0400. The summed E-state index contributed by atoms with van der Waals surface area (Å²) in [6.45, 7) is 10.3. The van der Waals surface area contributed by atoms with Crippen LogP contribution in [0.2, 0.25) is 0 Å². The van der Waals surface area contributed by atoms with Gasteiger partial charge in [0.25, 0.3) is 0 Å². The normalized spacial score (nSPS) is 53.6. The first-order valence-corrected chi connectivity index (χ1v) is 11.7. The van der Waals surface area contributed by atoms with Crippen molar-refractivity contribution in [1.29, 1.82) is 0 Å². The first kappa shape index (κ1) is 18.3. The Morgan fingerprint density at radius 2 is 1.64 bits per heavy atom. The average molecular weight is 346 g/mol. The van der Waals surface area contributed by atoms with Gasteiger partial charge in [0.05, 0.1) is 0 Å². The van der Waals surface area contributed by atoms with E-state index in [0.717, 1.165) is 35.5 Å². The second kappa shape index (κ2) is 6.54. The van der Waals surface area contributed by atoms with Gasteiger partial charge in [-0.15, -0.1) is 0 Å². The van der Waals surface area contributed by atoms with Gasteiger partial charge in [-0.2, -0.15) is 0 Å². The van der Waals surface area contributed by atoms with Gasteiger partial charge in [0, 0.05) is 6.04 Å². The Kier molecular flexibility index (Phi) is 4.79. The second-order valence-electron chi connectivity index (χ2n) is 11.2. The van der Waals surface area contributed by atoms with E-state index < -0.39 is 0 Å². The molecule has 0 aromatic carbocycles. The minimum Gasteiger partial charge on any atom is -0.328 e. The predicted octanol–water partition coefficient (Wildman–Crippen LogP) is 6.41. The van der Waals surface area contributed by atoms with Crippen LogP contribution in [0.25, 0.3) is 0 Å². The summed E-state index contributed by atoms with van der Waals surface area (Å²) in [6, 6.07) is 0.495.